The van der Waals surface area contributed by atoms with Crippen molar-refractivity contribution in [2.45, 2.75) is 33.7 Å². The molecular weight excluding hydrogens is 251 g/mol. The standard InChI is InChI=1S/C15H20F3N/c1-14(2)13(15(14,3)4)12(19-5)8-6-7-9(16)11(18)10(8)17/h6-7,12-13,19H,1-5H3. The molecule has 0 aliphatic heterocycles. The average molecular weight is 271 g/mol. The molecule has 0 aromatic heterocycles. The Morgan fingerprint density at radius 1 is 1.00 bits per heavy atom. The van der Waals surface area contributed by atoms with Crippen LogP contribution in [-0.4, -0.2) is 7.05 Å². The van der Waals surface area contributed by atoms with Crippen LogP contribution in [0.4, 0.5) is 13.2 Å². The van der Waals surface area contributed by atoms with Crippen molar-refractivity contribution in [2.75, 3.05) is 7.05 Å². The lowest BCUT2D eigenvalue weighted by atomic mass is 9.96. The van der Waals surface area contributed by atoms with Gasteiger partial charge in [-0.3, -0.25) is 0 Å². The minimum absolute atomic E-state index is 0.0258. The van der Waals surface area contributed by atoms with Crippen LogP contribution in [-0.2, 0) is 0 Å². The number of halogens is 3. The summed E-state index contributed by atoms with van der Waals surface area (Å²) in [6.45, 7) is 8.44. The zero-order chi connectivity index (χ0) is 14.6. The summed E-state index contributed by atoms with van der Waals surface area (Å²) in [5.74, 6) is -3.46. The third-order valence-corrected chi connectivity index (χ3v) is 5.18. The van der Waals surface area contributed by atoms with E-state index in [1.54, 1.807) is 7.05 Å². The molecule has 1 aromatic carbocycles. The van der Waals surface area contributed by atoms with E-state index in [1.807, 2.05) is 0 Å². The fraction of sp³-hybridized carbons (Fsp3) is 0.600. The van der Waals surface area contributed by atoms with Gasteiger partial charge in [-0.1, -0.05) is 33.8 Å². The fourth-order valence-corrected chi connectivity index (χ4v) is 3.36. The van der Waals surface area contributed by atoms with Crippen LogP contribution in [0.2, 0.25) is 0 Å². The molecule has 1 N–H and O–H groups in total. The first-order chi connectivity index (χ1) is 8.66. The molecule has 1 nitrogen and oxygen atoms in total. The zero-order valence-corrected chi connectivity index (χ0v) is 11.9. The van der Waals surface area contributed by atoms with Gasteiger partial charge in [-0.15, -0.1) is 0 Å². The first-order valence-corrected chi connectivity index (χ1v) is 6.47. The normalized spacial score (nSPS) is 22.3. The van der Waals surface area contributed by atoms with Gasteiger partial charge in [0.15, 0.2) is 17.5 Å². The van der Waals surface area contributed by atoms with Crippen LogP contribution in [0.15, 0.2) is 12.1 Å². The van der Waals surface area contributed by atoms with E-state index in [4.69, 9.17) is 0 Å². The molecule has 2 rings (SSSR count). The molecule has 1 fully saturated rings. The number of nitrogens with one attached hydrogen (secondary N) is 1. The molecule has 0 radical (unpaired) electrons. The number of hydrogen-bond donors (Lipinski definition) is 1. The van der Waals surface area contributed by atoms with Crippen LogP contribution in [0.5, 0.6) is 0 Å². The second-order valence-corrected chi connectivity index (χ2v) is 6.45. The topological polar surface area (TPSA) is 12.0 Å². The molecule has 1 unspecified atom stereocenters. The van der Waals surface area contributed by atoms with Crippen molar-refractivity contribution < 1.29 is 13.2 Å². The Bertz CT molecular complexity index is 494. The van der Waals surface area contributed by atoms with Gasteiger partial charge in [0.05, 0.1) is 0 Å². The molecule has 1 aliphatic rings. The molecule has 0 heterocycles. The van der Waals surface area contributed by atoms with E-state index in [0.717, 1.165) is 6.07 Å². The average Bonchev–Trinajstić information content (AvgIpc) is 2.72. The van der Waals surface area contributed by atoms with Crippen LogP contribution in [0.3, 0.4) is 0 Å². The molecule has 19 heavy (non-hydrogen) atoms. The molecule has 1 aromatic rings. The summed E-state index contributed by atoms with van der Waals surface area (Å²) in [7, 11) is 1.72. The minimum atomic E-state index is -1.39. The van der Waals surface area contributed by atoms with Gasteiger partial charge in [0.1, 0.15) is 0 Å². The quantitative estimate of drug-likeness (QED) is 0.818. The summed E-state index contributed by atoms with van der Waals surface area (Å²) in [6.07, 6.45) is 0. The Balaban J connectivity index is 2.43. The van der Waals surface area contributed by atoms with E-state index in [2.05, 4.69) is 33.0 Å². The zero-order valence-electron chi connectivity index (χ0n) is 11.9. The van der Waals surface area contributed by atoms with Gasteiger partial charge >= 0.3 is 0 Å². The van der Waals surface area contributed by atoms with E-state index in [9.17, 15) is 13.2 Å². The predicted octanol–water partition coefficient (Wildman–Crippen LogP) is 4.05. The van der Waals surface area contributed by atoms with Crippen LogP contribution in [0.1, 0.15) is 39.3 Å². The van der Waals surface area contributed by atoms with E-state index in [0.29, 0.717) is 0 Å². The number of benzene rings is 1. The molecule has 1 aliphatic carbocycles. The second kappa shape index (κ2) is 4.23. The van der Waals surface area contributed by atoms with Crippen LogP contribution in [0.25, 0.3) is 0 Å². The van der Waals surface area contributed by atoms with Crippen molar-refractivity contribution in [1.82, 2.24) is 5.32 Å². The third-order valence-electron chi connectivity index (χ3n) is 5.18. The molecule has 106 valence electrons. The van der Waals surface area contributed by atoms with Crippen molar-refractivity contribution in [2.24, 2.45) is 16.7 Å². The Morgan fingerprint density at radius 2 is 1.53 bits per heavy atom. The Hall–Kier alpha value is -1.03. The smallest absolute Gasteiger partial charge is 0.194 e. The predicted molar refractivity (Wildman–Crippen MR) is 69.2 cm³/mol. The minimum Gasteiger partial charge on any atom is -0.313 e. The lowest BCUT2D eigenvalue weighted by Gasteiger charge is -2.20. The maximum absolute atomic E-state index is 13.9. The van der Waals surface area contributed by atoms with Gasteiger partial charge in [-0.05, 0) is 29.9 Å². The molecule has 0 amide bonds. The first-order valence-electron chi connectivity index (χ1n) is 6.47. The van der Waals surface area contributed by atoms with Crippen molar-refractivity contribution in [3.8, 4) is 0 Å². The molecule has 0 bridgehead atoms. The Morgan fingerprint density at radius 3 is 1.95 bits per heavy atom. The van der Waals surface area contributed by atoms with Gasteiger partial charge in [0.25, 0.3) is 0 Å². The van der Waals surface area contributed by atoms with E-state index in [1.165, 1.54) is 6.07 Å². The lowest BCUT2D eigenvalue weighted by molar-refractivity contribution is 0.393. The molecule has 1 atom stereocenters. The van der Waals surface area contributed by atoms with Gasteiger partial charge in [0, 0.05) is 11.6 Å². The van der Waals surface area contributed by atoms with Crippen LogP contribution < -0.4 is 5.32 Å². The fourth-order valence-electron chi connectivity index (χ4n) is 3.36. The molecule has 4 heteroatoms. The Labute approximate surface area is 112 Å². The maximum atomic E-state index is 13.9. The van der Waals surface area contributed by atoms with Crippen molar-refractivity contribution in [3.05, 3.63) is 35.1 Å². The van der Waals surface area contributed by atoms with E-state index >= 15 is 0 Å². The summed E-state index contributed by atoms with van der Waals surface area (Å²) in [5.41, 5.74) is 0.251. The highest BCUT2D eigenvalue weighted by atomic mass is 19.2. The lowest BCUT2D eigenvalue weighted by Crippen LogP contribution is -2.23. The monoisotopic (exact) mass is 271 g/mol. The van der Waals surface area contributed by atoms with Crippen molar-refractivity contribution in [3.63, 3.8) is 0 Å². The van der Waals surface area contributed by atoms with Gasteiger partial charge in [0.2, 0.25) is 0 Å². The van der Waals surface area contributed by atoms with Gasteiger partial charge < -0.3 is 5.32 Å². The largest absolute Gasteiger partial charge is 0.313 e. The Kier molecular flexibility index (Phi) is 3.21. The molecule has 1 saturated carbocycles. The highest BCUT2D eigenvalue weighted by Crippen LogP contribution is 2.72. The summed E-state index contributed by atoms with van der Waals surface area (Å²) in [4.78, 5) is 0. The molecule has 0 spiro atoms. The van der Waals surface area contributed by atoms with Crippen molar-refractivity contribution in [1.29, 1.82) is 0 Å². The van der Waals surface area contributed by atoms with E-state index in [-0.39, 0.29) is 28.4 Å². The van der Waals surface area contributed by atoms with Crippen molar-refractivity contribution >= 4 is 0 Å². The van der Waals surface area contributed by atoms with Gasteiger partial charge in [-0.2, -0.15) is 0 Å². The van der Waals surface area contributed by atoms with Crippen LogP contribution >= 0.6 is 0 Å². The summed E-state index contributed by atoms with van der Waals surface area (Å²) in [5, 5.41) is 3.05. The highest BCUT2D eigenvalue weighted by molar-refractivity contribution is 5.29. The summed E-state index contributed by atoms with van der Waals surface area (Å²) in [6, 6.07) is 2.00. The first kappa shape index (κ1) is 14.4. The summed E-state index contributed by atoms with van der Waals surface area (Å²) >= 11 is 0. The highest BCUT2D eigenvalue weighted by Gasteiger charge is 2.67. The number of hydrogen-bond acceptors (Lipinski definition) is 1. The number of rotatable bonds is 3. The van der Waals surface area contributed by atoms with Gasteiger partial charge in [-0.25, -0.2) is 13.2 Å². The maximum Gasteiger partial charge on any atom is 0.194 e. The SMILES string of the molecule is CNC(c1ccc(F)c(F)c1F)C1C(C)(C)C1(C)C. The van der Waals surface area contributed by atoms with Crippen LogP contribution in [0, 0.1) is 34.2 Å². The molecule has 0 saturated heterocycles. The summed E-state index contributed by atoms with van der Waals surface area (Å²) < 4.78 is 40.3. The third kappa shape index (κ3) is 1.88. The van der Waals surface area contributed by atoms with E-state index < -0.39 is 17.5 Å². The molecular formula is C15H20F3N. The second-order valence-electron chi connectivity index (χ2n) is 6.45.